The summed E-state index contributed by atoms with van der Waals surface area (Å²) in [6.07, 6.45) is 0. The van der Waals surface area contributed by atoms with Crippen LogP contribution in [0.2, 0.25) is 0 Å². The van der Waals surface area contributed by atoms with Gasteiger partial charge in [0.15, 0.2) is 5.82 Å². The lowest BCUT2D eigenvalue weighted by molar-refractivity contribution is 0.349. The van der Waals surface area contributed by atoms with E-state index in [1.165, 1.54) is 10.5 Å². The van der Waals surface area contributed by atoms with Gasteiger partial charge in [-0.1, -0.05) is 23.4 Å². The highest BCUT2D eigenvalue weighted by molar-refractivity contribution is 7.99. The van der Waals surface area contributed by atoms with Crippen LogP contribution in [-0.2, 0) is 5.75 Å². The van der Waals surface area contributed by atoms with Gasteiger partial charge in [0.1, 0.15) is 0 Å². The van der Waals surface area contributed by atoms with Crippen molar-refractivity contribution >= 4 is 23.5 Å². The van der Waals surface area contributed by atoms with Crippen LogP contribution in [0.4, 0.5) is 0 Å². The fourth-order valence-electron chi connectivity index (χ4n) is 2.16. The van der Waals surface area contributed by atoms with Gasteiger partial charge in [-0.25, -0.2) is 0 Å². The highest BCUT2D eigenvalue weighted by Crippen LogP contribution is 2.31. The minimum atomic E-state index is 0.136. The van der Waals surface area contributed by atoms with Gasteiger partial charge in [-0.3, -0.25) is 0 Å². The zero-order valence-electron chi connectivity index (χ0n) is 11.3. The van der Waals surface area contributed by atoms with Gasteiger partial charge in [0, 0.05) is 22.4 Å². The Labute approximate surface area is 126 Å². The maximum Gasteiger partial charge on any atom is 0.232 e. The molecule has 1 aliphatic rings. The predicted molar refractivity (Wildman–Crippen MR) is 83.1 cm³/mol. The molecular weight excluding hydrogens is 290 g/mol. The molecule has 106 valence electrons. The zero-order valence-corrected chi connectivity index (χ0v) is 12.9. The standard InChI is InChI=1S/C14H17N3OS2/c1-9-4-2-3-5-12(9)20-8-13-16-14(18-17-13)10-6-19-7-11(10)15/h2-5,10-11H,6-8,15H2,1H3. The number of aryl methyl sites for hydroxylation is 1. The Morgan fingerprint density at radius 1 is 1.40 bits per heavy atom. The summed E-state index contributed by atoms with van der Waals surface area (Å²) in [5.74, 6) is 4.34. The summed E-state index contributed by atoms with van der Waals surface area (Å²) in [4.78, 5) is 5.75. The number of thioether (sulfide) groups is 2. The molecule has 0 radical (unpaired) electrons. The molecule has 2 atom stereocenters. The molecular formula is C14H17N3OS2. The van der Waals surface area contributed by atoms with Gasteiger partial charge in [-0.2, -0.15) is 16.7 Å². The van der Waals surface area contributed by atoms with Crippen LogP contribution >= 0.6 is 23.5 Å². The largest absolute Gasteiger partial charge is 0.339 e. The van der Waals surface area contributed by atoms with Crippen molar-refractivity contribution in [2.75, 3.05) is 11.5 Å². The maximum atomic E-state index is 6.05. The van der Waals surface area contributed by atoms with E-state index in [9.17, 15) is 0 Å². The van der Waals surface area contributed by atoms with Crippen LogP contribution in [0.5, 0.6) is 0 Å². The third-order valence-electron chi connectivity index (χ3n) is 3.38. The third-order valence-corrected chi connectivity index (χ3v) is 5.76. The molecule has 2 heterocycles. The van der Waals surface area contributed by atoms with Crippen LogP contribution in [0.25, 0.3) is 0 Å². The molecule has 2 aromatic rings. The van der Waals surface area contributed by atoms with Gasteiger partial charge in [0.05, 0.1) is 11.7 Å². The second-order valence-corrected chi connectivity index (χ2v) is 7.00. The van der Waals surface area contributed by atoms with Gasteiger partial charge in [0.2, 0.25) is 5.89 Å². The monoisotopic (exact) mass is 307 g/mol. The Hall–Kier alpha value is -0.980. The van der Waals surface area contributed by atoms with Crippen LogP contribution < -0.4 is 5.73 Å². The Bertz CT molecular complexity index is 587. The lowest BCUT2D eigenvalue weighted by Crippen LogP contribution is -2.26. The summed E-state index contributed by atoms with van der Waals surface area (Å²) >= 11 is 3.58. The van der Waals surface area contributed by atoms with E-state index in [4.69, 9.17) is 10.3 Å². The number of benzene rings is 1. The van der Waals surface area contributed by atoms with Crippen molar-refractivity contribution in [3.05, 3.63) is 41.5 Å². The third kappa shape index (κ3) is 3.02. The van der Waals surface area contributed by atoms with E-state index in [-0.39, 0.29) is 12.0 Å². The number of nitrogens with two attached hydrogens (primary N) is 1. The first-order chi connectivity index (χ1) is 9.74. The van der Waals surface area contributed by atoms with Crippen LogP contribution in [0, 0.1) is 6.92 Å². The number of rotatable bonds is 4. The molecule has 0 saturated carbocycles. The first-order valence-corrected chi connectivity index (χ1v) is 8.72. The van der Waals surface area contributed by atoms with Gasteiger partial charge >= 0.3 is 0 Å². The molecule has 6 heteroatoms. The summed E-state index contributed by atoms with van der Waals surface area (Å²) in [5.41, 5.74) is 7.32. The highest BCUT2D eigenvalue weighted by atomic mass is 32.2. The summed E-state index contributed by atoms with van der Waals surface area (Å²) in [6.45, 7) is 2.11. The van der Waals surface area contributed by atoms with E-state index in [2.05, 4.69) is 29.2 Å². The van der Waals surface area contributed by atoms with E-state index < -0.39 is 0 Å². The molecule has 1 saturated heterocycles. The molecule has 20 heavy (non-hydrogen) atoms. The molecule has 2 N–H and O–H groups in total. The molecule has 4 nitrogen and oxygen atoms in total. The normalized spacial score (nSPS) is 22.3. The summed E-state index contributed by atoms with van der Waals surface area (Å²) in [5, 5.41) is 4.07. The summed E-state index contributed by atoms with van der Waals surface area (Å²) < 4.78 is 5.37. The molecule has 1 aromatic heterocycles. The first-order valence-electron chi connectivity index (χ1n) is 6.58. The quantitative estimate of drug-likeness (QED) is 0.876. The molecule has 3 rings (SSSR count). The molecule has 1 aliphatic heterocycles. The summed E-state index contributed by atoms with van der Waals surface area (Å²) in [7, 11) is 0. The molecule has 2 unspecified atom stereocenters. The van der Waals surface area contributed by atoms with Gasteiger partial charge in [-0.05, 0) is 18.6 Å². The van der Waals surface area contributed by atoms with Crippen molar-refractivity contribution in [1.29, 1.82) is 0 Å². The maximum absolute atomic E-state index is 6.05. The number of hydrogen-bond donors (Lipinski definition) is 1. The molecule has 0 bridgehead atoms. The van der Waals surface area contributed by atoms with Crippen molar-refractivity contribution in [2.45, 2.75) is 29.5 Å². The van der Waals surface area contributed by atoms with E-state index in [1.54, 1.807) is 11.8 Å². The minimum Gasteiger partial charge on any atom is -0.339 e. The van der Waals surface area contributed by atoms with Gasteiger partial charge in [0.25, 0.3) is 0 Å². The number of nitrogens with zero attached hydrogens (tertiary/aromatic N) is 2. The van der Waals surface area contributed by atoms with Crippen molar-refractivity contribution in [2.24, 2.45) is 5.73 Å². The number of aromatic nitrogens is 2. The second-order valence-electron chi connectivity index (χ2n) is 4.91. The smallest absolute Gasteiger partial charge is 0.232 e. The molecule has 0 spiro atoms. The van der Waals surface area contributed by atoms with Gasteiger partial charge < -0.3 is 10.3 Å². The van der Waals surface area contributed by atoms with Crippen LogP contribution in [0.1, 0.15) is 23.2 Å². The van der Waals surface area contributed by atoms with Crippen molar-refractivity contribution in [3.63, 3.8) is 0 Å². The molecule has 0 amide bonds. The van der Waals surface area contributed by atoms with E-state index >= 15 is 0 Å². The average molecular weight is 307 g/mol. The molecule has 1 aromatic carbocycles. The predicted octanol–water partition coefficient (Wildman–Crippen LogP) is 2.83. The topological polar surface area (TPSA) is 64.9 Å². The van der Waals surface area contributed by atoms with Crippen LogP contribution in [0.15, 0.2) is 33.7 Å². The Morgan fingerprint density at radius 3 is 3.00 bits per heavy atom. The van der Waals surface area contributed by atoms with Gasteiger partial charge in [-0.15, -0.1) is 11.8 Å². The van der Waals surface area contributed by atoms with E-state index in [1.807, 2.05) is 23.9 Å². The molecule has 1 fully saturated rings. The van der Waals surface area contributed by atoms with E-state index in [0.29, 0.717) is 5.89 Å². The average Bonchev–Trinajstić information content (AvgIpc) is 3.06. The fraction of sp³-hybridized carbons (Fsp3) is 0.429. The van der Waals surface area contributed by atoms with Crippen LogP contribution in [-0.4, -0.2) is 27.7 Å². The minimum absolute atomic E-state index is 0.136. The number of hydrogen-bond acceptors (Lipinski definition) is 6. The van der Waals surface area contributed by atoms with Crippen molar-refractivity contribution in [1.82, 2.24) is 10.1 Å². The Balaban J connectivity index is 1.64. The molecule has 0 aliphatic carbocycles. The second kappa shape index (κ2) is 6.20. The first kappa shape index (κ1) is 14.0. The highest BCUT2D eigenvalue weighted by Gasteiger charge is 2.30. The SMILES string of the molecule is Cc1ccccc1SCc1noc(C2CSCC2N)n1. The van der Waals surface area contributed by atoms with Crippen molar-refractivity contribution in [3.8, 4) is 0 Å². The van der Waals surface area contributed by atoms with Crippen LogP contribution in [0.3, 0.4) is 0 Å². The van der Waals surface area contributed by atoms with Crippen molar-refractivity contribution < 1.29 is 4.52 Å². The summed E-state index contributed by atoms with van der Waals surface area (Å²) in [6, 6.07) is 8.46. The Kier molecular flexibility index (Phi) is 4.33. The van der Waals surface area contributed by atoms with E-state index in [0.717, 1.165) is 23.1 Å². The zero-order chi connectivity index (χ0) is 13.9. The fourth-order valence-corrected chi connectivity index (χ4v) is 4.32. The lowest BCUT2D eigenvalue weighted by Gasteiger charge is -2.07. The lowest BCUT2D eigenvalue weighted by atomic mass is 10.1. The Morgan fingerprint density at radius 2 is 2.25 bits per heavy atom.